The Morgan fingerprint density at radius 3 is 2.55 bits per heavy atom. The molecule has 1 saturated carbocycles. The minimum Gasteiger partial charge on any atom is -0.390 e. The molecule has 0 aromatic rings. The lowest BCUT2D eigenvalue weighted by atomic mass is 9.74. The summed E-state index contributed by atoms with van der Waals surface area (Å²) in [4.78, 5) is 0. The van der Waals surface area contributed by atoms with Crippen LogP contribution < -0.4 is 5.32 Å². The van der Waals surface area contributed by atoms with E-state index in [0.717, 1.165) is 38.6 Å². The fourth-order valence-corrected chi connectivity index (χ4v) is 5.04. The highest BCUT2D eigenvalue weighted by molar-refractivity contribution is 7.91. The number of rotatable bonds is 4. The van der Waals surface area contributed by atoms with Crippen LogP contribution in [0.3, 0.4) is 0 Å². The average molecular weight is 303 g/mol. The van der Waals surface area contributed by atoms with Gasteiger partial charge >= 0.3 is 0 Å². The molecule has 20 heavy (non-hydrogen) atoms. The van der Waals surface area contributed by atoms with Gasteiger partial charge < -0.3 is 10.4 Å². The molecule has 2 fully saturated rings. The van der Waals surface area contributed by atoms with Crippen molar-refractivity contribution in [3.8, 4) is 0 Å². The predicted molar refractivity (Wildman–Crippen MR) is 81.5 cm³/mol. The molecule has 118 valence electrons. The summed E-state index contributed by atoms with van der Waals surface area (Å²) in [5, 5.41) is 14.1. The monoisotopic (exact) mass is 303 g/mol. The van der Waals surface area contributed by atoms with Crippen molar-refractivity contribution in [1.82, 2.24) is 5.32 Å². The Labute approximate surface area is 123 Å². The SMILES string of the molecule is CC(O)(CC1CCCCN1)C1CCCC(S(C)(=O)=O)C1. The molecule has 1 saturated heterocycles. The van der Waals surface area contributed by atoms with Gasteiger partial charge in [0.25, 0.3) is 0 Å². The van der Waals surface area contributed by atoms with Crippen molar-refractivity contribution in [2.45, 2.75) is 75.2 Å². The van der Waals surface area contributed by atoms with Crippen molar-refractivity contribution in [2.75, 3.05) is 12.8 Å². The molecule has 2 N–H and O–H groups in total. The number of sulfone groups is 1. The normalized spacial score (nSPS) is 35.5. The summed E-state index contributed by atoms with van der Waals surface area (Å²) in [6.45, 7) is 2.94. The van der Waals surface area contributed by atoms with Crippen LogP contribution in [-0.2, 0) is 9.84 Å². The smallest absolute Gasteiger partial charge is 0.150 e. The topological polar surface area (TPSA) is 66.4 Å². The van der Waals surface area contributed by atoms with Gasteiger partial charge in [0.2, 0.25) is 0 Å². The number of aliphatic hydroxyl groups is 1. The van der Waals surface area contributed by atoms with Gasteiger partial charge in [0.1, 0.15) is 9.84 Å². The Bertz CT molecular complexity index is 413. The lowest BCUT2D eigenvalue weighted by molar-refractivity contribution is -0.0322. The van der Waals surface area contributed by atoms with Gasteiger partial charge in [0.15, 0.2) is 0 Å². The summed E-state index contributed by atoms with van der Waals surface area (Å²) < 4.78 is 23.5. The molecule has 2 rings (SSSR count). The van der Waals surface area contributed by atoms with Crippen LogP contribution in [0.1, 0.15) is 58.3 Å². The second kappa shape index (κ2) is 6.32. The lowest BCUT2D eigenvalue weighted by Crippen LogP contribution is -2.46. The molecule has 4 unspecified atom stereocenters. The molecule has 0 aromatic heterocycles. The second-order valence-corrected chi connectivity index (χ2v) is 9.35. The van der Waals surface area contributed by atoms with Crippen LogP contribution in [0.15, 0.2) is 0 Å². The zero-order chi connectivity index (χ0) is 14.8. The fourth-order valence-electron chi connectivity index (χ4n) is 3.86. The van der Waals surface area contributed by atoms with Crippen molar-refractivity contribution < 1.29 is 13.5 Å². The Kier molecular flexibility index (Phi) is 5.14. The van der Waals surface area contributed by atoms with Gasteiger partial charge in [-0.05, 0) is 57.9 Å². The Morgan fingerprint density at radius 2 is 1.95 bits per heavy atom. The molecule has 5 heteroatoms. The highest BCUT2D eigenvalue weighted by atomic mass is 32.2. The molecule has 0 spiro atoms. The lowest BCUT2D eigenvalue weighted by Gasteiger charge is -2.41. The quantitative estimate of drug-likeness (QED) is 0.832. The van der Waals surface area contributed by atoms with Crippen molar-refractivity contribution in [3.05, 3.63) is 0 Å². The summed E-state index contributed by atoms with van der Waals surface area (Å²) >= 11 is 0. The van der Waals surface area contributed by atoms with Crippen molar-refractivity contribution in [3.63, 3.8) is 0 Å². The molecule has 0 bridgehead atoms. The van der Waals surface area contributed by atoms with Crippen LogP contribution in [0.2, 0.25) is 0 Å². The van der Waals surface area contributed by atoms with E-state index in [2.05, 4.69) is 5.32 Å². The predicted octanol–water partition coefficient (Wildman–Crippen LogP) is 1.87. The molecule has 1 aliphatic carbocycles. The van der Waals surface area contributed by atoms with Gasteiger partial charge in [-0.2, -0.15) is 0 Å². The van der Waals surface area contributed by atoms with Gasteiger partial charge in [-0.25, -0.2) is 8.42 Å². The zero-order valence-electron chi connectivity index (χ0n) is 12.8. The van der Waals surface area contributed by atoms with E-state index in [4.69, 9.17) is 0 Å². The molecule has 4 nitrogen and oxygen atoms in total. The molecular weight excluding hydrogens is 274 g/mol. The van der Waals surface area contributed by atoms with Gasteiger partial charge in [-0.15, -0.1) is 0 Å². The van der Waals surface area contributed by atoms with Crippen LogP contribution in [0.25, 0.3) is 0 Å². The van der Waals surface area contributed by atoms with E-state index in [9.17, 15) is 13.5 Å². The number of nitrogens with one attached hydrogen (secondary N) is 1. The first kappa shape index (κ1) is 16.2. The van der Waals surface area contributed by atoms with Crippen molar-refractivity contribution >= 4 is 9.84 Å². The summed E-state index contributed by atoms with van der Waals surface area (Å²) in [6.07, 6.45) is 8.89. The highest BCUT2D eigenvalue weighted by Gasteiger charge is 2.39. The van der Waals surface area contributed by atoms with Crippen LogP contribution in [0, 0.1) is 5.92 Å². The minimum atomic E-state index is -2.98. The fraction of sp³-hybridized carbons (Fsp3) is 1.00. The average Bonchev–Trinajstić information content (AvgIpc) is 2.38. The van der Waals surface area contributed by atoms with Crippen molar-refractivity contribution in [1.29, 1.82) is 0 Å². The van der Waals surface area contributed by atoms with Crippen molar-refractivity contribution in [2.24, 2.45) is 5.92 Å². The second-order valence-electron chi connectivity index (χ2n) is 7.02. The third-order valence-electron chi connectivity index (χ3n) is 5.18. The molecule has 1 heterocycles. The maximum absolute atomic E-state index is 11.8. The van der Waals surface area contributed by atoms with Crippen LogP contribution in [-0.4, -0.2) is 43.2 Å². The highest BCUT2D eigenvalue weighted by Crippen LogP contribution is 2.38. The van der Waals surface area contributed by atoms with E-state index in [-0.39, 0.29) is 11.2 Å². The van der Waals surface area contributed by atoms with Crippen LogP contribution >= 0.6 is 0 Å². The first-order valence-electron chi connectivity index (χ1n) is 7.93. The van der Waals surface area contributed by atoms with Gasteiger partial charge in [-0.1, -0.05) is 12.8 Å². The zero-order valence-corrected chi connectivity index (χ0v) is 13.6. The summed E-state index contributed by atoms with van der Waals surface area (Å²) in [5.41, 5.74) is -0.752. The molecule has 1 aliphatic heterocycles. The maximum atomic E-state index is 11.8. The van der Waals surface area contributed by atoms with Gasteiger partial charge in [0.05, 0.1) is 10.9 Å². The largest absolute Gasteiger partial charge is 0.390 e. The Morgan fingerprint density at radius 1 is 1.20 bits per heavy atom. The molecular formula is C15H29NO3S. The van der Waals surface area contributed by atoms with E-state index in [0.29, 0.717) is 12.5 Å². The Balaban J connectivity index is 1.97. The summed E-state index contributed by atoms with van der Waals surface area (Å²) in [7, 11) is -2.98. The number of piperidine rings is 1. The maximum Gasteiger partial charge on any atom is 0.150 e. The molecule has 0 amide bonds. The van der Waals surface area contributed by atoms with E-state index in [1.165, 1.54) is 19.1 Å². The third kappa shape index (κ3) is 4.18. The van der Waals surface area contributed by atoms with Crippen LogP contribution in [0.4, 0.5) is 0 Å². The van der Waals surface area contributed by atoms with Gasteiger partial charge in [0, 0.05) is 12.3 Å². The standard InChI is InChI=1S/C15H29NO3S/c1-15(17,11-13-7-3-4-9-16-13)12-6-5-8-14(10-12)20(2,18)19/h12-14,16-17H,3-11H2,1-2H3. The summed E-state index contributed by atoms with van der Waals surface area (Å²) in [6, 6.07) is 0.386. The Hall–Kier alpha value is -0.130. The molecule has 0 radical (unpaired) electrons. The minimum absolute atomic E-state index is 0.111. The first-order valence-corrected chi connectivity index (χ1v) is 9.89. The third-order valence-corrected chi connectivity index (χ3v) is 6.82. The van der Waals surface area contributed by atoms with E-state index in [1.54, 1.807) is 0 Å². The van der Waals surface area contributed by atoms with E-state index in [1.807, 2.05) is 6.92 Å². The molecule has 0 aromatic carbocycles. The molecule has 4 atom stereocenters. The van der Waals surface area contributed by atoms with Gasteiger partial charge in [-0.3, -0.25) is 0 Å². The number of hydrogen-bond acceptors (Lipinski definition) is 4. The van der Waals surface area contributed by atoms with E-state index < -0.39 is 15.4 Å². The van der Waals surface area contributed by atoms with Crippen LogP contribution in [0.5, 0.6) is 0 Å². The first-order chi connectivity index (χ1) is 9.29. The number of hydrogen-bond donors (Lipinski definition) is 2. The van der Waals surface area contributed by atoms with E-state index >= 15 is 0 Å². The molecule has 2 aliphatic rings. The summed E-state index contributed by atoms with van der Waals surface area (Å²) in [5.74, 6) is 0.111.